The number of nitrogens with zero attached hydrogens (tertiary/aromatic N) is 2. The fourth-order valence-corrected chi connectivity index (χ4v) is 3.43. The van der Waals surface area contributed by atoms with Crippen LogP contribution in [0.25, 0.3) is 0 Å². The highest BCUT2D eigenvalue weighted by molar-refractivity contribution is 5.90. The van der Waals surface area contributed by atoms with E-state index >= 15 is 0 Å². The molecule has 0 aromatic carbocycles. The van der Waals surface area contributed by atoms with Crippen molar-refractivity contribution >= 4 is 11.8 Å². The summed E-state index contributed by atoms with van der Waals surface area (Å²) < 4.78 is 0. The molecular formula is C14H25N3O2. The van der Waals surface area contributed by atoms with Crippen LogP contribution in [-0.2, 0) is 9.59 Å². The second-order valence-corrected chi connectivity index (χ2v) is 6.08. The van der Waals surface area contributed by atoms with Gasteiger partial charge in [0.2, 0.25) is 11.8 Å². The minimum Gasteiger partial charge on any atom is -0.347 e. The van der Waals surface area contributed by atoms with Crippen molar-refractivity contribution in [2.24, 2.45) is 11.1 Å². The van der Waals surface area contributed by atoms with Gasteiger partial charge in [0.25, 0.3) is 0 Å². The van der Waals surface area contributed by atoms with Crippen LogP contribution in [0.2, 0.25) is 0 Å². The molecule has 2 rings (SSSR count). The van der Waals surface area contributed by atoms with E-state index in [-0.39, 0.29) is 17.9 Å². The Morgan fingerprint density at radius 3 is 2.42 bits per heavy atom. The van der Waals surface area contributed by atoms with Crippen LogP contribution >= 0.6 is 0 Å². The molecule has 0 aromatic rings. The third-order valence-corrected chi connectivity index (χ3v) is 4.64. The Kier molecular flexibility index (Phi) is 4.13. The van der Waals surface area contributed by atoms with Gasteiger partial charge in [0.1, 0.15) is 6.04 Å². The summed E-state index contributed by atoms with van der Waals surface area (Å²) in [5.41, 5.74) is 5.48. The second-order valence-electron chi connectivity index (χ2n) is 6.08. The molecule has 0 bridgehead atoms. The van der Waals surface area contributed by atoms with Crippen LogP contribution < -0.4 is 5.73 Å². The van der Waals surface area contributed by atoms with Crippen LogP contribution in [0.3, 0.4) is 0 Å². The van der Waals surface area contributed by atoms with Gasteiger partial charge in [-0.25, -0.2) is 0 Å². The number of likely N-dealkylation sites (tertiary alicyclic amines) is 1. The summed E-state index contributed by atoms with van der Waals surface area (Å²) in [7, 11) is 3.50. The van der Waals surface area contributed by atoms with Crippen LogP contribution in [0.5, 0.6) is 0 Å². The quantitative estimate of drug-likeness (QED) is 0.813. The van der Waals surface area contributed by atoms with E-state index in [9.17, 15) is 9.59 Å². The molecule has 19 heavy (non-hydrogen) atoms. The molecule has 2 fully saturated rings. The maximum absolute atomic E-state index is 12.8. The summed E-state index contributed by atoms with van der Waals surface area (Å²) in [5.74, 6) is 0.154. The Labute approximate surface area is 115 Å². The summed E-state index contributed by atoms with van der Waals surface area (Å²) in [6, 6.07) is -0.272. The first-order valence-electron chi connectivity index (χ1n) is 7.24. The molecule has 1 aliphatic carbocycles. The third kappa shape index (κ3) is 2.48. The Balaban J connectivity index is 2.15. The van der Waals surface area contributed by atoms with Crippen molar-refractivity contribution in [3.8, 4) is 0 Å². The van der Waals surface area contributed by atoms with Crippen molar-refractivity contribution in [3.05, 3.63) is 0 Å². The molecule has 2 aliphatic rings. The topological polar surface area (TPSA) is 66.6 Å². The highest BCUT2D eigenvalue weighted by Gasteiger charge is 2.46. The second kappa shape index (κ2) is 5.49. The maximum atomic E-state index is 12.8. The van der Waals surface area contributed by atoms with Crippen molar-refractivity contribution in [2.75, 3.05) is 27.2 Å². The Morgan fingerprint density at radius 2 is 1.89 bits per heavy atom. The average Bonchev–Trinajstić information content (AvgIpc) is 3.06. The molecule has 1 atom stereocenters. The Morgan fingerprint density at radius 1 is 1.26 bits per heavy atom. The lowest BCUT2D eigenvalue weighted by molar-refractivity contribution is -0.148. The normalized spacial score (nSPS) is 25.6. The highest BCUT2D eigenvalue weighted by Crippen LogP contribution is 2.40. The molecule has 5 nitrogen and oxygen atoms in total. The fraction of sp³-hybridized carbons (Fsp3) is 0.857. The molecule has 108 valence electrons. The number of amides is 2. The van der Waals surface area contributed by atoms with Gasteiger partial charge in [-0.1, -0.05) is 12.8 Å². The first-order chi connectivity index (χ1) is 9.02. The van der Waals surface area contributed by atoms with E-state index in [1.165, 1.54) is 0 Å². The summed E-state index contributed by atoms with van der Waals surface area (Å²) >= 11 is 0. The molecule has 2 amide bonds. The van der Waals surface area contributed by atoms with E-state index in [2.05, 4.69) is 0 Å². The third-order valence-electron chi connectivity index (χ3n) is 4.64. The molecule has 1 aliphatic heterocycles. The number of carbonyl (C=O) groups is 2. The lowest BCUT2D eigenvalue weighted by Crippen LogP contribution is -2.52. The van der Waals surface area contributed by atoms with Gasteiger partial charge in [0.05, 0.1) is 5.41 Å². The van der Waals surface area contributed by atoms with Gasteiger partial charge >= 0.3 is 0 Å². The minimum atomic E-state index is -0.394. The fourth-order valence-electron chi connectivity index (χ4n) is 3.43. The van der Waals surface area contributed by atoms with Crippen LogP contribution in [0, 0.1) is 5.41 Å². The zero-order chi connectivity index (χ0) is 14.0. The number of nitrogens with two attached hydrogens (primary N) is 1. The number of hydrogen-bond donors (Lipinski definition) is 1. The van der Waals surface area contributed by atoms with Crippen LogP contribution in [-0.4, -0.2) is 54.8 Å². The Hall–Kier alpha value is -1.10. The zero-order valence-electron chi connectivity index (χ0n) is 12.0. The summed E-state index contributed by atoms with van der Waals surface area (Å²) in [4.78, 5) is 28.4. The monoisotopic (exact) mass is 267 g/mol. The SMILES string of the molecule is CN(C)C(=O)C1CCCN1C(=O)C1(CN)CCCC1. The lowest BCUT2D eigenvalue weighted by atomic mass is 9.84. The average molecular weight is 267 g/mol. The van der Waals surface area contributed by atoms with E-state index < -0.39 is 5.41 Å². The van der Waals surface area contributed by atoms with Crippen LogP contribution in [0.4, 0.5) is 0 Å². The summed E-state index contributed by atoms with van der Waals surface area (Å²) in [6.07, 6.45) is 5.59. The molecule has 0 spiro atoms. The van der Waals surface area contributed by atoms with E-state index in [1.807, 2.05) is 0 Å². The van der Waals surface area contributed by atoms with Gasteiger partial charge in [-0.15, -0.1) is 0 Å². The van der Waals surface area contributed by atoms with Crippen molar-refractivity contribution < 1.29 is 9.59 Å². The smallest absolute Gasteiger partial charge is 0.244 e. The van der Waals surface area contributed by atoms with Gasteiger partial charge in [0, 0.05) is 27.2 Å². The molecule has 1 heterocycles. The summed E-state index contributed by atoms with van der Waals surface area (Å²) in [5, 5.41) is 0. The zero-order valence-corrected chi connectivity index (χ0v) is 12.0. The largest absolute Gasteiger partial charge is 0.347 e. The first kappa shape index (κ1) is 14.3. The van der Waals surface area contributed by atoms with E-state index in [1.54, 1.807) is 23.9 Å². The molecule has 5 heteroatoms. The Bertz CT molecular complexity index is 362. The molecule has 1 saturated carbocycles. The van der Waals surface area contributed by atoms with Crippen LogP contribution in [0.1, 0.15) is 38.5 Å². The summed E-state index contributed by atoms with van der Waals surface area (Å²) in [6.45, 7) is 1.11. The molecular weight excluding hydrogens is 242 g/mol. The van der Waals surface area contributed by atoms with Gasteiger partial charge in [-0.2, -0.15) is 0 Å². The lowest BCUT2D eigenvalue weighted by Gasteiger charge is -2.34. The molecule has 1 unspecified atom stereocenters. The van der Waals surface area contributed by atoms with Gasteiger partial charge in [-0.3, -0.25) is 9.59 Å². The first-order valence-corrected chi connectivity index (χ1v) is 7.24. The predicted octanol–water partition coefficient (Wildman–Crippen LogP) is 0.585. The molecule has 0 radical (unpaired) electrons. The van der Waals surface area contributed by atoms with Gasteiger partial charge < -0.3 is 15.5 Å². The predicted molar refractivity (Wildman–Crippen MR) is 73.4 cm³/mol. The molecule has 0 aromatic heterocycles. The van der Waals surface area contributed by atoms with Crippen LogP contribution in [0.15, 0.2) is 0 Å². The molecule has 1 saturated heterocycles. The van der Waals surface area contributed by atoms with Gasteiger partial charge in [-0.05, 0) is 25.7 Å². The van der Waals surface area contributed by atoms with Crippen molar-refractivity contribution in [1.82, 2.24) is 9.80 Å². The standard InChI is InChI=1S/C14H25N3O2/c1-16(2)12(18)11-6-5-9-17(11)13(19)14(10-15)7-3-4-8-14/h11H,3-10,15H2,1-2H3. The van der Waals surface area contributed by atoms with E-state index in [0.717, 1.165) is 38.5 Å². The van der Waals surface area contributed by atoms with Crippen molar-refractivity contribution in [3.63, 3.8) is 0 Å². The highest BCUT2D eigenvalue weighted by atomic mass is 16.2. The number of hydrogen-bond acceptors (Lipinski definition) is 3. The van der Waals surface area contributed by atoms with Crippen molar-refractivity contribution in [1.29, 1.82) is 0 Å². The van der Waals surface area contributed by atoms with E-state index in [4.69, 9.17) is 5.73 Å². The number of rotatable bonds is 3. The minimum absolute atomic E-state index is 0.0380. The van der Waals surface area contributed by atoms with E-state index in [0.29, 0.717) is 13.1 Å². The molecule has 2 N–H and O–H groups in total. The number of likely N-dealkylation sites (N-methyl/N-ethyl adjacent to an activating group) is 1. The maximum Gasteiger partial charge on any atom is 0.244 e. The number of carbonyl (C=O) groups excluding carboxylic acids is 2. The van der Waals surface area contributed by atoms with Crippen molar-refractivity contribution in [2.45, 2.75) is 44.6 Å². The van der Waals surface area contributed by atoms with Gasteiger partial charge in [0.15, 0.2) is 0 Å².